The number of carbonyl (C=O) groups is 1. The number of ketones is 1. The quantitative estimate of drug-likeness (QED) is 0.771. The van der Waals surface area contributed by atoms with Crippen molar-refractivity contribution in [1.29, 1.82) is 0 Å². The van der Waals surface area contributed by atoms with Gasteiger partial charge < -0.3 is 0 Å². The smallest absolute Gasteiger partial charge is 0.178 e. The standard InChI is InChI=1S/C16H22Cl2N2O/c1-3-12(2)20-8-6-19(7-9-20)11-16(21)14-10-13(17)4-5-15(14)18/h4-5,10,12H,3,6-9,11H2,1-2H3. The van der Waals surface area contributed by atoms with Gasteiger partial charge in [0, 0.05) is 42.8 Å². The molecule has 1 aliphatic rings. The summed E-state index contributed by atoms with van der Waals surface area (Å²) in [6.07, 6.45) is 1.16. The number of carbonyl (C=O) groups excluding carboxylic acids is 1. The summed E-state index contributed by atoms with van der Waals surface area (Å²) in [5.41, 5.74) is 0.522. The van der Waals surface area contributed by atoms with Crippen molar-refractivity contribution in [3.8, 4) is 0 Å². The summed E-state index contributed by atoms with van der Waals surface area (Å²) in [6.45, 7) is 8.77. The highest BCUT2D eigenvalue weighted by Gasteiger charge is 2.22. The first-order valence-corrected chi connectivity index (χ1v) is 8.21. The Hall–Kier alpha value is -0.610. The molecule has 0 radical (unpaired) electrons. The van der Waals surface area contributed by atoms with Crippen LogP contribution in [-0.4, -0.2) is 54.3 Å². The second-order valence-corrected chi connectivity index (χ2v) is 6.46. The van der Waals surface area contributed by atoms with Crippen LogP contribution in [0, 0.1) is 0 Å². The van der Waals surface area contributed by atoms with Crippen molar-refractivity contribution in [2.24, 2.45) is 0 Å². The predicted octanol–water partition coefficient (Wildman–Crippen LogP) is 3.59. The lowest BCUT2D eigenvalue weighted by atomic mass is 10.1. The van der Waals surface area contributed by atoms with E-state index in [1.165, 1.54) is 0 Å². The molecule has 1 aliphatic heterocycles. The Balaban J connectivity index is 1.91. The lowest BCUT2D eigenvalue weighted by Crippen LogP contribution is -2.50. The van der Waals surface area contributed by atoms with Crippen molar-refractivity contribution in [3.63, 3.8) is 0 Å². The highest BCUT2D eigenvalue weighted by molar-refractivity contribution is 6.36. The Labute approximate surface area is 136 Å². The van der Waals surface area contributed by atoms with E-state index in [0.717, 1.165) is 32.6 Å². The summed E-state index contributed by atoms with van der Waals surface area (Å²) in [5, 5.41) is 1.02. The third-order valence-corrected chi connectivity index (χ3v) is 4.78. The molecular formula is C16H22Cl2N2O. The normalized spacial score (nSPS) is 18.7. The molecule has 1 fully saturated rings. The largest absolute Gasteiger partial charge is 0.298 e. The van der Waals surface area contributed by atoms with E-state index in [9.17, 15) is 4.79 Å². The first kappa shape index (κ1) is 16.8. The minimum Gasteiger partial charge on any atom is -0.298 e. The van der Waals surface area contributed by atoms with Gasteiger partial charge in [-0.2, -0.15) is 0 Å². The zero-order chi connectivity index (χ0) is 15.4. The molecule has 2 rings (SSSR count). The predicted molar refractivity (Wildman–Crippen MR) is 88.6 cm³/mol. The van der Waals surface area contributed by atoms with Crippen LogP contribution in [0.15, 0.2) is 18.2 Å². The molecule has 0 spiro atoms. The zero-order valence-electron chi connectivity index (χ0n) is 12.6. The molecule has 1 aromatic rings. The molecule has 1 heterocycles. The molecule has 116 valence electrons. The summed E-state index contributed by atoms with van der Waals surface area (Å²) in [6, 6.07) is 5.65. The molecule has 21 heavy (non-hydrogen) atoms. The molecule has 1 unspecified atom stereocenters. The van der Waals surface area contributed by atoms with Crippen molar-refractivity contribution in [2.45, 2.75) is 26.3 Å². The fraction of sp³-hybridized carbons (Fsp3) is 0.562. The molecule has 0 bridgehead atoms. The summed E-state index contributed by atoms with van der Waals surface area (Å²) < 4.78 is 0. The number of hydrogen-bond donors (Lipinski definition) is 0. The van der Waals surface area contributed by atoms with E-state index >= 15 is 0 Å². The first-order valence-electron chi connectivity index (χ1n) is 7.46. The summed E-state index contributed by atoms with van der Waals surface area (Å²) >= 11 is 12.0. The Bertz CT molecular complexity index is 499. The number of Topliss-reactive ketones (excluding diaryl/α,β-unsaturated/α-hetero) is 1. The topological polar surface area (TPSA) is 23.6 Å². The van der Waals surface area contributed by atoms with Crippen LogP contribution in [0.25, 0.3) is 0 Å². The highest BCUT2D eigenvalue weighted by atomic mass is 35.5. The number of benzene rings is 1. The van der Waals surface area contributed by atoms with Crippen LogP contribution < -0.4 is 0 Å². The molecule has 0 amide bonds. The highest BCUT2D eigenvalue weighted by Crippen LogP contribution is 2.21. The van der Waals surface area contributed by atoms with Crippen LogP contribution in [0.1, 0.15) is 30.6 Å². The van der Waals surface area contributed by atoms with E-state index in [4.69, 9.17) is 23.2 Å². The number of rotatable bonds is 5. The van der Waals surface area contributed by atoms with Gasteiger partial charge in [-0.15, -0.1) is 0 Å². The summed E-state index contributed by atoms with van der Waals surface area (Å²) in [4.78, 5) is 17.0. The molecule has 1 aromatic carbocycles. The van der Waals surface area contributed by atoms with Crippen LogP contribution in [-0.2, 0) is 0 Å². The van der Waals surface area contributed by atoms with Crippen molar-refractivity contribution in [2.75, 3.05) is 32.7 Å². The van der Waals surface area contributed by atoms with Crippen molar-refractivity contribution in [1.82, 2.24) is 9.80 Å². The van der Waals surface area contributed by atoms with E-state index in [1.54, 1.807) is 18.2 Å². The Morgan fingerprint density at radius 3 is 2.52 bits per heavy atom. The Morgan fingerprint density at radius 1 is 1.24 bits per heavy atom. The number of nitrogens with zero attached hydrogens (tertiary/aromatic N) is 2. The Kier molecular flexibility index (Phi) is 6.06. The fourth-order valence-electron chi connectivity index (χ4n) is 2.62. The molecule has 1 saturated heterocycles. The van der Waals surface area contributed by atoms with Crippen LogP contribution in [0.3, 0.4) is 0 Å². The molecule has 0 N–H and O–H groups in total. The summed E-state index contributed by atoms with van der Waals surface area (Å²) in [7, 11) is 0. The van der Waals surface area contributed by atoms with Gasteiger partial charge in [0.15, 0.2) is 5.78 Å². The average molecular weight is 329 g/mol. The fourth-order valence-corrected chi connectivity index (χ4v) is 3.01. The molecule has 0 aromatic heterocycles. The number of hydrogen-bond acceptors (Lipinski definition) is 3. The molecule has 5 heteroatoms. The minimum atomic E-state index is 0.0412. The maximum absolute atomic E-state index is 12.4. The lowest BCUT2D eigenvalue weighted by molar-refractivity contribution is 0.0784. The van der Waals surface area contributed by atoms with Crippen LogP contribution in [0.4, 0.5) is 0 Å². The first-order chi connectivity index (χ1) is 10.0. The third-order valence-electron chi connectivity index (χ3n) is 4.22. The van der Waals surface area contributed by atoms with E-state index in [0.29, 0.717) is 28.2 Å². The summed E-state index contributed by atoms with van der Waals surface area (Å²) in [5.74, 6) is 0.0412. The second kappa shape index (κ2) is 7.59. The molecule has 1 atom stereocenters. The monoisotopic (exact) mass is 328 g/mol. The van der Waals surface area contributed by atoms with E-state index < -0.39 is 0 Å². The number of piperazine rings is 1. The SMILES string of the molecule is CCC(C)N1CCN(CC(=O)c2cc(Cl)ccc2Cl)CC1. The van der Waals surface area contributed by atoms with Gasteiger partial charge in [0.2, 0.25) is 0 Å². The average Bonchev–Trinajstić information content (AvgIpc) is 2.49. The van der Waals surface area contributed by atoms with Gasteiger partial charge in [-0.05, 0) is 31.5 Å². The van der Waals surface area contributed by atoms with Crippen LogP contribution >= 0.6 is 23.2 Å². The molecule has 3 nitrogen and oxygen atoms in total. The van der Waals surface area contributed by atoms with Crippen LogP contribution in [0.5, 0.6) is 0 Å². The van der Waals surface area contributed by atoms with E-state index in [-0.39, 0.29) is 5.78 Å². The van der Waals surface area contributed by atoms with Crippen LogP contribution in [0.2, 0.25) is 10.0 Å². The third kappa shape index (κ3) is 4.43. The molecular weight excluding hydrogens is 307 g/mol. The maximum Gasteiger partial charge on any atom is 0.178 e. The van der Waals surface area contributed by atoms with E-state index in [1.807, 2.05) is 0 Å². The maximum atomic E-state index is 12.4. The lowest BCUT2D eigenvalue weighted by Gasteiger charge is -2.37. The molecule has 0 saturated carbocycles. The van der Waals surface area contributed by atoms with Gasteiger partial charge in [-0.1, -0.05) is 30.1 Å². The van der Waals surface area contributed by atoms with Gasteiger partial charge in [-0.3, -0.25) is 14.6 Å². The van der Waals surface area contributed by atoms with Gasteiger partial charge in [0.25, 0.3) is 0 Å². The zero-order valence-corrected chi connectivity index (χ0v) is 14.1. The van der Waals surface area contributed by atoms with Crippen molar-refractivity contribution in [3.05, 3.63) is 33.8 Å². The van der Waals surface area contributed by atoms with Gasteiger partial charge >= 0.3 is 0 Å². The van der Waals surface area contributed by atoms with Gasteiger partial charge in [0.1, 0.15) is 0 Å². The van der Waals surface area contributed by atoms with E-state index in [2.05, 4.69) is 23.6 Å². The van der Waals surface area contributed by atoms with Crippen molar-refractivity contribution >= 4 is 29.0 Å². The minimum absolute atomic E-state index is 0.0412. The van der Waals surface area contributed by atoms with Crippen molar-refractivity contribution < 1.29 is 4.79 Å². The Morgan fingerprint density at radius 2 is 1.90 bits per heavy atom. The number of halogens is 2. The second-order valence-electron chi connectivity index (χ2n) is 5.62. The van der Waals surface area contributed by atoms with Gasteiger partial charge in [-0.25, -0.2) is 0 Å². The molecule has 0 aliphatic carbocycles. The van der Waals surface area contributed by atoms with Gasteiger partial charge in [0.05, 0.1) is 11.6 Å².